The van der Waals surface area contributed by atoms with Gasteiger partial charge >= 0.3 is 0 Å². The zero-order valence-electron chi connectivity index (χ0n) is 9.38. The van der Waals surface area contributed by atoms with E-state index in [4.69, 9.17) is 11.6 Å². The summed E-state index contributed by atoms with van der Waals surface area (Å²) in [5.74, 6) is 0.320. The van der Waals surface area contributed by atoms with Gasteiger partial charge in [-0.25, -0.2) is 13.4 Å². The zero-order chi connectivity index (χ0) is 13.0. The highest BCUT2D eigenvalue weighted by atomic mass is 35.5. The van der Waals surface area contributed by atoms with E-state index in [2.05, 4.69) is 10.3 Å². The number of hydrogen-bond acceptors (Lipinski definition) is 4. The molecule has 0 unspecified atom stereocenters. The van der Waals surface area contributed by atoms with Gasteiger partial charge < -0.3 is 5.32 Å². The van der Waals surface area contributed by atoms with E-state index < -0.39 is 9.84 Å². The molecule has 1 N–H and O–H groups in total. The molecule has 0 aliphatic heterocycles. The van der Waals surface area contributed by atoms with Crippen molar-refractivity contribution in [2.24, 2.45) is 0 Å². The summed E-state index contributed by atoms with van der Waals surface area (Å²) in [6.07, 6.45) is 1.59. The number of rotatable bonds is 4. The Morgan fingerprint density at radius 3 is 2.44 bits per heavy atom. The minimum Gasteiger partial charge on any atom is -0.356 e. The Hall–Kier alpha value is -1.59. The molecule has 0 atom stereocenters. The summed E-state index contributed by atoms with van der Waals surface area (Å²) in [4.78, 5) is 4.22. The average molecular weight is 283 g/mol. The number of aromatic nitrogens is 1. The first-order valence-electron chi connectivity index (χ1n) is 5.21. The summed E-state index contributed by atoms with van der Waals surface area (Å²) in [5, 5.41) is 3.27. The quantitative estimate of drug-likeness (QED) is 0.936. The lowest BCUT2D eigenvalue weighted by atomic mass is 10.4. The maximum atomic E-state index is 12.0. The number of anilines is 1. The molecule has 94 valence electrons. The molecule has 0 saturated carbocycles. The van der Waals surface area contributed by atoms with Gasteiger partial charge in [-0.05, 0) is 36.4 Å². The van der Waals surface area contributed by atoms with Crippen molar-refractivity contribution < 1.29 is 8.42 Å². The summed E-state index contributed by atoms with van der Waals surface area (Å²) in [7, 11) is -3.38. The van der Waals surface area contributed by atoms with Gasteiger partial charge in [0.15, 0.2) is 9.84 Å². The van der Waals surface area contributed by atoms with Gasteiger partial charge in [-0.1, -0.05) is 17.7 Å². The third kappa shape index (κ3) is 3.21. The van der Waals surface area contributed by atoms with Gasteiger partial charge in [0.1, 0.15) is 11.7 Å². The molecule has 0 fully saturated rings. The standard InChI is InChI=1S/C12H11ClN2O2S/c13-10-4-6-11(7-5-10)18(16,17)9-15-12-3-1-2-8-14-12/h1-8H,9H2,(H,14,15). The fourth-order valence-electron chi connectivity index (χ4n) is 1.36. The summed E-state index contributed by atoms with van der Waals surface area (Å²) in [6, 6.07) is 11.3. The van der Waals surface area contributed by atoms with Crippen LogP contribution in [0.15, 0.2) is 53.6 Å². The van der Waals surface area contributed by atoms with E-state index in [0.717, 1.165) is 0 Å². The second-order valence-electron chi connectivity index (χ2n) is 3.60. The molecular formula is C12H11ClN2O2S. The average Bonchev–Trinajstić information content (AvgIpc) is 2.38. The number of nitrogens with zero attached hydrogens (tertiary/aromatic N) is 1. The van der Waals surface area contributed by atoms with E-state index >= 15 is 0 Å². The predicted molar refractivity (Wildman–Crippen MR) is 71.4 cm³/mol. The Morgan fingerprint density at radius 1 is 1.11 bits per heavy atom. The Labute approximate surface area is 111 Å². The third-order valence-electron chi connectivity index (χ3n) is 2.28. The van der Waals surface area contributed by atoms with Crippen LogP contribution in [0.5, 0.6) is 0 Å². The van der Waals surface area contributed by atoms with E-state index in [1.807, 2.05) is 0 Å². The first kappa shape index (κ1) is 12.9. The topological polar surface area (TPSA) is 59.1 Å². The van der Waals surface area contributed by atoms with Crippen molar-refractivity contribution in [3.63, 3.8) is 0 Å². The number of nitrogens with one attached hydrogen (secondary N) is 1. The Morgan fingerprint density at radius 2 is 1.83 bits per heavy atom. The highest BCUT2D eigenvalue weighted by molar-refractivity contribution is 7.91. The van der Waals surface area contributed by atoms with Gasteiger partial charge in [0.05, 0.1) is 4.90 Å². The molecule has 0 radical (unpaired) electrons. The monoisotopic (exact) mass is 282 g/mol. The lowest BCUT2D eigenvalue weighted by molar-refractivity contribution is 0.597. The second-order valence-corrected chi connectivity index (χ2v) is 6.03. The van der Waals surface area contributed by atoms with Gasteiger partial charge in [0, 0.05) is 11.2 Å². The molecule has 1 aromatic heterocycles. The lowest BCUT2D eigenvalue weighted by Gasteiger charge is -2.06. The van der Waals surface area contributed by atoms with Crippen LogP contribution in [-0.2, 0) is 9.84 Å². The fraction of sp³-hybridized carbons (Fsp3) is 0.0833. The Bertz CT molecular complexity index is 612. The molecule has 4 nitrogen and oxygen atoms in total. The molecule has 0 spiro atoms. The van der Waals surface area contributed by atoms with Crippen LogP contribution in [0.25, 0.3) is 0 Å². The first-order valence-corrected chi connectivity index (χ1v) is 7.24. The summed E-state index contributed by atoms with van der Waals surface area (Å²) < 4.78 is 24.0. The number of sulfone groups is 1. The largest absolute Gasteiger partial charge is 0.356 e. The maximum Gasteiger partial charge on any atom is 0.196 e. The van der Waals surface area contributed by atoms with Gasteiger partial charge in [-0.3, -0.25) is 0 Å². The van der Waals surface area contributed by atoms with E-state index in [0.29, 0.717) is 10.8 Å². The summed E-state index contributed by atoms with van der Waals surface area (Å²) in [6.45, 7) is 0. The van der Waals surface area contributed by atoms with E-state index in [-0.39, 0.29) is 10.8 Å². The molecule has 0 bridgehead atoms. The maximum absolute atomic E-state index is 12.0. The van der Waals surface area contributed by atoms with Crippen molar-refractivity contribution in [1.29, 1.82) is 0 Å². The molecule has 0 aliphatic rings. The van der Waals surface area contributed by atoms with Crippen LogP contribution < -0.4 is 5.32 Å². The van der Waals surface area contributed by atoms with Gasteiger partial charge in [-0.2, -0.15) is 0 Å². The molecule has 0 amide bonds. The van der Waals surface area contributed by atoms with Crippen molar-refractivity contribution in [1.82, 2.24) is 4.98 Å². The number of halogens is 1. The van der Waals surface area contributed by atoms with E-state index in [9.17, 15) is 8.42 Å². The number of benzene rings is 1. The van der Waals surface area contributed by atoms with Gasteiger partial charge in [0.25, 0.3) is 0 Å². The molecule has 0 aliphatic carbocycles. The summed E-state index contributed by atoms with van der Waals surface area (Å²) >= 11 is 5.71. The third-order valence-corrected chi connectivity index (χ3v) is 4.05. The smallest absolute Gasteiger partial charge is 0.196 e. The second kappa shape index (κ2) is 5.37. The molecule has 0 saturated heterocycles. The van der Waals surface area contributed by atoms with Crippen molar-refractivity contribution >= 4 is 27.3 Å². The first-order chi connectivity index (χ1) is 8.58. The van der Waals surface area contributed by atoms with Crippen LogP contribution in [0, 0.1) is 0 Å². The highest BCUT2D eigenvalue weighted by Crippen LogP contribution is 2.15. The molecule has 18 heavy (non-hydrogen) atoms. The number of pyridine rings is 1. The molecule has 1 heterocycles. The van der Waals surface area contributed by atoms with Gasteiger partial charge in [0.2, 0.25) is 0 Å². The SMILES string of the molecule is O=S(=O)(CNc1ccccn1)c1ccc(Cl)cc1. The minimum absolute atomic E-state index is 0.203. The van der Waals surface area contributed by atoms with Crippen molar-refractivity contribution in [2.45, 2.75) is 4.90 Å². The molecule has 2 rings (SSSR count). The molecule has 2 aromatic rings. The fourth-order valence-corrected chi connectivity index (χ4v) is 2.54. The van der Waals surface area contributed by atoms with Crippen LogP contribution in [-0.4, -0.2) is 19.3 Å². The Kier molecular flexibility index (Phi) is 3.84. The van der Waals surface area contributed by atoms with E-state index in [1.54, 1.807) is 36.5 Å². The van der Waals surface area contributed by atoms with Crippen molar-refractivity contribution in [3.05, 3.63) is 53.7 Å². The van der Waals surface area contributed by atoms with Crippen molar-refractivity contribution in [3.8, 4) is 0 Å². The normalized spacial score (nSPS) is 11.2. The number of hydrogen-bond donors (Lipinski definition) is 1. The molecular weight excluding hydrogens is 272 g/mol. The molecule has 6 heteroatoms. The van der Waals surface area contributed by atoms with Crippen LogP contribution in [0.2, 0.25) is 5.02 Å². The Balaban J connectivity index is 2.11. The molecule has 1 aromatic carbocycles. The highest BCUT2D eigenvalue weighted by Gasteiger charge is 2.13. The lowest BCUT2D eigenvalue weighted by Crippen LogP contribution is -2.15. The van der Waals surface area contributed by atoms with Crippen LogP contribution >= 0.6 is 11.6 Å². The summed E-state index contributed by atoms with van der Waals surface area (Å²) in [5.41, 5.74) is 0. The van der Waals surface area contributed by atoms with Crippen LogP contribution in [0.3, 0.4) is 0 Å². The van der Waals surface area contributed by atoms with Gasteiger partial charge in [-0.15, -0.1) is 0 Å². The van der Waals surface area contributed by atoms with Crippen LogP contribution in [0.1, 0.15) is 0 Å². The van der Waals surface area contributed by atoms with Crippen LogP contribution in [0.4, 0.5) is 5.82 Å². The predicted octanol–water partition coefficient (Wildman–Crippen LogP) is 2.58. The van der Waals surface area contributed by atoms with Crippen molar-refractivity contribution in [2.75, 3.05) is 11.2 Å². The minimum atomic E-state index is -3.38. The zero-order valence-corrected chi connectivity index (χ0v) is 10.9. The van der Waals surface area contributed by atoms with E-state index in [1.165, 1.54) is 12.1 Å².